The number of hydrogen-bond acceptors (Lipinski definition) is 2. The summed E-state index contributed by atoms with van der Waals surface area (Å²) in [4.78, 5) is 14.1. The molecule has 0 heterocycles. The Bertz CT molecular complexity index is 410. The van der Waals surface area contributed by atoms with Crippen molar-refractivity contribution in [3.8, 4) is 0 Å². The largest absolute Gasteiger partial charge is 0.376 e. The zero-order chi connectivity index (χ0) is 13.7. The van der Waals surface area contributed by atoms with Crippen molar-refractivity contribution >= 4 is 24.0 Å². The molecule has 0 spiro atoms. The van der Waals surface area contributed by atoms with Crippen LogP contribution in [0.15, 0.2) is 30.3 Å². The maximum atomic E-state index is 12.2. The van der Waals surface area contributed by atoms with Gasteiger partial charge in [-0.05, 0) is 30.9 Å². The van der Waals surface area contributed by atoms with E-state index in [4.69, 9.17) is 0 Å². The summed E-state index contributed by atoms with van der Waals surface area (Å²) in [6, 6.07) is 10.3. The van der Waals surface area contributed by atoms with Gasteiger partial charge in [0.1, 0.15) is 0 Å². The molecule has 1 aliphatic carbocycles. The summed E-state index contributed by atoms with van der Waals surface area (Å²) in [6.45, 7) is 2.66. The maximum Gasteiger partial charge on any atom is 0.241 e. The molecular weight excluding hydrogens is 272 g/mol. The monoisotopic (exact) mass is 296 g/mol. The first-order valence-electron chi connectivity index (χ1n) is 7.21. The van der Waals surface area contributed by atoms with Crippen LogP contribution in [0.25, 0.3) is 0 Å². The molecule has 1 aliphatic rings. The first-order chi connectivity index (χ1) is 9.16. The fourth-order valence-electron chi connectivity index (χ4n) is 2.82. The minimum absolute atomic E-state index is 0. The number of carbonyl (C=O) groups excluding carboxylic acids is 1. The zero-order valence-corrected chi connectivity index (χ0v) is 13.2. The van der Waals surface area contributed by atoms with Gasteiger partial charge in [0.15, 0.2) is 0 Å². The molecule has 2 rings (SSSR count). The number of para-hydroxylation sites is 1. The number of amides is 1. The normalized spacial score (nSPS) is 21.7. The molecule has 1 N–H and O–H groups in total. The van der Waals surface area contributed by atoms with E-state index in [-0.39, 0.29) is 18.3 Å². The van der Waals surface area contributed by atoms with Crippen molar-refractivity contribution in [1.29, 1.82) is 0 Å². The van der Waals surface area contributed by atoms with Crippen LogP contribution in [0.4, 0.5) is 5.69 Å². The van der Waals surface area contributed by atoms with Crippen molar-refractivity contribution in [3.05, 3.63) is 30.3 Å². The van der Waals surface area contributed by atoms with Gasteiger partial charge in [-0.15, -0.1) is 12.4 Å². The molecule has 0 saturated heterocycles. The van der Waals surface area contributed by atoms with Gasteiger partial charge in [-0.3, -0.25) is 4.79 Å². The molecule has 1 aromatic rings. The highest BCUT2D eigenvalue weighted by Crippen LogP contribution is 2.26. The number of carbonyl (C=O) groups is 1. The Morgan fingerprint density at radius 2 is 2.00 bits per heavy atom. The SMILES string of the molecule is CC1CCCC(N(C)C(=O)CNc2ccccc2)C1.Cl. The second-order valence-electron chi connectivity index (χ2n) is 5.65. The van der Waals surface area contributed by atoms with Crippen molar-refractivity contribution in [2.24, 2.45) is 5.92 Å². The number of halogens is 1. The molecule has 1 saturated carbocycles. The first-order valence-corrected chi connectivity index (χ1v) is 7.21. The Balaban J connectivity index is 0.00000200. The molecule has 1 fully saturated rings. The third-order valence-electron chi connectivity index (χ3n) is 4.07. The van der Waals surface area contributed by atoms with E-state index in [1.54, 1.807) is 0 Å². The Labute approximate surface area is 128 Å². The average molecular weight is 297 g/mol. The maximum absolute atomic E-state index is 12.2. The number of benzene rings is 1. The van der Waals surface area contributed by atoms with Crippen LogP contribution in [0.1, 0.15) is 32.6 Å². The predicted octanol–water partition coefficient (Wildman–Crippen LogP) is 3.56. The summed E-state index contributed by atoms with van der Waals surface area (Å²) in [6.07, 6.45) is 4.85. The lowest BCUT2D eigenvalue weighted by molar-refractivity contribution is -0.130. The topological polar surface area (TPSA) is 32.3 Å². The third-order valence-corrected chi connectivity index (χ3v) is 4.07. The molecule has 3 nitrogen and oxygen atoms in total. The Morgan fingerprint density at radius 3 is 2.65 bits per heavy atom. The lowest BCUT2D eigenvalue weighted by atomic mass is 9.86. The van der Waals surface area contributed by atoms with Crippen LogP contribution in [0.2, 0.25) is 0 Å². The van der Waals surface area contributed by atoms with E-state index in [0.717, 1.165) is 24.4 Å². The van der Waals surface area contributed by atoms with Gasteiger partial charge < -0.3 is 10.2 Å². The van der Waals surface area contributed by atoms with Gasteiger partial charge in [-0.1, -0.05) is 38.0 Å². The van der Waals surface area contributed by atoms with Gasteiger partial charge in [-0.25, -0.2) is 0 Å². The number of likely N-dealkylation sites (N-methyl/N-ethyl adjacent to an activating group) is 1. The second-order valence-corrected chi connectivity index (χ2v) is 5.65. The minimum atomic E-state index is 0. The van der Waals surface area contributed by atoms with Crippen LogP contribution in [0.5, 0.6) is 0 Å². The summed E-state index contributed by atoms with van der Waals surface area (Å²) >= 11 is 0. The summed E-state index contributed by atoms with van der Waals surface area (Å²) in [5, 5.41) is 3.18. The molecule has 2 atom stereocenters. The van der Waals surface area contributed by atoms with Gasteiger partial charge >= 0.3 is 0 Å². The van der Waals surface area contributed by atoms with Gasteiger partial charge in [-0.2, -0.15) is 0 Å². The van der Waals surface area contributed by atoms with Gasteiger partial charge in [0.2, 0.25) is 5.91 Å². The van der Waals surface area contributed by atoms with Crippen LogP contribution < -0.4 is 5.32 Å². The van der Waals surface area contributed by atoms with E-state index in [1.807, 2.05) is 42.3 Å². The van der Waals surface area contributed by atoms with Crippen LogP contribution >= 0.6 is 12.4 Å². The van der Waals surface area contributed by atoms with E-state index in [2.05, 4.69) is 12.2 Å². The Hall–Kier alpha value is -1.22. The van der Waals surface area contributed by atoms with Crippen LogP contribution in [-0.2, 0) is 4.79 Å². The fraction of sp³-hybridized carbons (Fsp3) is 0.562. The number of anilines is 1. The van der Waals surface area contributed by atoms with Crippen LogP contribution in [0.3, 0.4) is 0 Å². The number of nitrogens with zero attached hydrogens (tertiary/aromatic N) is 1. The number of rotatable bonds is 4. The van der Waals surface area contributed by atoms with E-state index >= 15 is 0 Å². The molecule has 1 amide bonds. The van der Waals surface area contributed by atoms with Gasteiger partial charge in [0.05, 0.1) is 6.54 Å². The summed E-state index contributed by atoms with van der Waals surface area (Å²) < 4.78 is 0. The van der Waals surface area contributed by atoms with Crippen molar-refractivity contribution in [1.82, 2.24) is 4.90 Å². The Kier molecular flexibility index (Phi) is 6.86. The highest BCUT2D eigenvalue weighted by atomic mass is 35.5. The number of nitrogens with one attached hydrogen (secondary N) is 1. The van der Waals surface area contributed by atoms with E-state index < -0.39 is 0 Å². The Morgan fingerprint density at radius 1 is 1.30 bits per heavy atom. The molecule has 2 unspecified atom stereocenters. The highest BCUT2D eigenvalue weighted by molar-refractivity contribution is 5.85. The van der Waals surface area contributed by atoms with Crippen LogP contribution in [0, 0.1) is 5.92 Å². The summed E-state index contributed by atoms with van der Waals surface area (Å²) in [5.41, 5.74) is 1.00. The van der Waals surface area contributed by atoms with Crippen molar-refractivity contribution in [2.75, 3.05) is 18.9 Å². The molecule has 112 valence electrons. The smallest absolute Gasteiger partial charge is 0.241 e. The minimum Gasteiger partial charge on any atom is -0.376 e. The fourth-order valence-corrected chi connectivity index (χ4v) is 2.82. The number of hydrogen-bond donors (Lipinski definition) is 1. The van der Waals surface area contributed by atoms with Gasteiger partial charge in [0, 0.05) is 18.8 Å². The zero-order valence-electron chi connectivity index (χ0n) is 12.3. The average Bonchev–Trinajstić information content (AvgIpc) is 2.45. The van der Waals surface area contributed by atoms with E-state index in [0.29, 0.717) is 12.6 Å². The van der Waals surface area contributed by atoms with Crippen LogP contribution in [-0.4, -0.2) is 30.4 Å². The molecular formula is C16H25ClN2O. The molecule has 0 radical (unpaired) electrons. The molecule has 4 heteroatoms. The highest BCUT2D eigenvalue weighted by Gasteiger charge is 2.24. The van der Waals surface area contributed by atoms with Crippen molar-refractivity contribution in [3.63, 3.8) is 0 Å². The van der Waals surface area contributed by atoms with Crippen molar-refractivity contribution in [2.45, 2.75) is 38.6 Å². The summed E-state index contributed by atoms with van der Waals surface area (Å²) in [5.74, 6) is 0.930. The lowest BCUT2D eigenvalue weighted by Crippen LogP contribution is -2.42. The molecule has 0 aliphatic heterocycles. The third kappa shape index (κ3) is 4.71. The van der Waals surface area contributed by atoms with Gasteiger partial charge in [0.25, 0.3) is 0 Å². The quantitative estimate of drug-likeness (QED) is 0.921. The van der Waals surface area contributed by atoms with Crippen molar-refractivity contribution < 1.29 is 4.79 Å². The molecule has 0 bridgehead atoms. The lowest BCUT2D eigenvalue weighted by Gasteiger charge is -2.34. The second kappa shape index (κ2) is 8.15. The van der Waals surface area contributed by atoms with E-state index in [1.165, 1.54) is 12.8 Å². The molecule has 0 aromatic heterocycles. The summed E-state index contributed by atoms with van der Waals surface area (Å²) in [7, 11) is 1.94. The molecule has 1 aromatic carbocycles. The van der Waals surface area contributed by atoms with E-state index in [9.17, 15) is 4.79 Å². The predicted molar refractivity (Wildman–Crippen MR) is 86.4 cm³/mol. The standard InChI is InChI=1S/C16H24N2O.ClH/c1-13-7-6-10-15(11-13)18(2)16(19)12-17-14-8-4-3-5-9-14;/h3-5,8-9,13,15,17H,6-7,10-12H2,1-2H3;1H. The first kappa shape index (κ1) is 16.8. The molecule has 20 heavy (non-hydrogen) atoms.